The van der Waals surface area contributed by atoms with Gasteiger partial charge in [0.25, 0.3) is 0 Å². The summed E-state index contributed by atoms with van der Waals surface area (Å²) in [4.78, 5) is 28.0. The van der Waals surface area contributed by atoms with Crippen LogP contribution in [0.5, 0.6) is 5.75 Å². The summed E-state index contributed by atoms with van der Waals surface area (Å²) in [6, 6.07) is 3.56. The van der Waals surface area contributed by atoms with Crippen molar-refractivity contribution in [2.45, 2.75) is 26.4 Å². The van der Waals surface area contributed by atoms with Crippen molar-refractivity contribution in [3.05, 3.63) is 20.7 Å². The number of piperazine rings is 1. The first-order valence-electron chi connectivity index (χ1n) is 8.63. The van der Waals surface area contributed by atoms with Crippen LogP contribution in [0.2, 0.25) is 5.02 Å². The molecule has 1 fully saturated rings. The van der Waals surface area contributed by atoms with Gasteiger partial charge in [-0.05, 0) is 49.4 Å². The summed E-state index contributed by atoms with van der Waals surface area (Å²) in [6.45, 7) is 7.53. The average Bonchev–Trinajstić information content (AvgIpc) is 2.60. The molecule has 0 aromatic heterocycles. The highest BCUT2D eigenvalue weighted by molar-refractivity contribution is 14.1. The number of carbonyl (C=O) groups is 2. The number of amides is 2. The van der Waals surface area contributed by atoms with Crippen molar-refractivity contribution in [2.24, 2.45) is 0 Å². The van der Waals surface area contributed by atoms with Crippen molar-refractivity contribution >= 4 is 51.9 Å². The number of rotatable bonds is 4. The summed E-state index contributed by atoms with van der Waals surface area (Å²) in [5.41, 5.74) is 0.190. The molecule has 2 amide bonds. The third-order valence-electron chi connectivity index (χ3n) is 3.96. The fourth-order valence-corrected chi connectivity index (χ4v) is 3.20. The van der Waals surface area contributed by atoms with Gasteiger partial charge in [-0.25, -0.2) is 4.79 Å². The van der Waals surface area contributed by atoms with Gasteiger partial charge in [0.2, 0.25) is 5.91 Å². The van der Waals surface area contributed by atoms with Gasteiger partial charge < -0.3 is 24.6 Å². The number of ether oxygens (including phenoxy) is 2. The first-order chi connectivity index (χ1) is 12.6. The van der Waals surface area contributed by atoms with Crippen LogP contribution >= 0.6 is 34.2 Å². The van der Waals surface area contributed by atoms with E-state index in [0.29, 0.717) is 42.6 Å². The van der Waals surface area contributed by atoms with E-state index < -0.39 is 5.60 Å². The standard InChI is InChI=1S/C18H25ClIN3O4/c1-18(2,3)27-17(25)23-7-5-22(6-8-23)16(24)11-21-14-10-13(20)12(19)9-15(14)26-4/h9-10,21H,5-8,11H2,1-4H3. The molecular formula is C18H25ClIN3O4. The highest BCUT2D eigenvalue weighted by atomic mass is 127. The van der Waals surface area contributed by atoms with Crippen molar-refractivity contribution in [3.63, 3.8) is 0 Å². The number of carbonyl (C=O) groups excluding carboxylic acids is 2. The summed E-state index contributed by atoms with van der Waals surface area (Å²) >= 11 is 8.22. The molecule has 7 nitrogen and oxygen atoms in total. The summed E-state index contributed by atoms with van der Waals surface area (Å²) in [6.07, 6.45) is -0.340. The first-order valence-corrected chi connectivity index (χ1v) is 10.1. The van der Waals surface area contributed by atoms with Crippen LogP contribution in [0.1, 0.15) is 20.8 Å². The predicted molar refractivity (Wildman–Crippen MR) is 114 cm³/mol. The molecule has 1 aromatic carbocycles. The third-order valence-corrected chi connectivity index (χ3v) is 5.48. The minimum absolute atomic E-state index is 0.0363. The Morgan fingerprint density at radius 1 is 1.19 bits per heavy atom. The van der Waals surface area contributed by atoms with Gasteiger partial charge in [-0.15, -0.1) is 0 Å². The van der Waals surface area contributed by atoms with Gasteiger partial charge in [-0.1, -0.05) is 11.6 Å². The van der Waals surface area contributed by atoms with Gasteiger partial charge in [-0.2, -0.15) is 0 Å². The van der Waals surface area contributed by atoms with Gasteiger partial charge in [-0.3, -0.25) is 4.79 Å². The maximum absolute atomic E-state index is 12.5. The van der Waals surface area contributed by atoms with Crippen LogP contribution in [-0.4, -0.2) is 67.2 Å². The molecule has 1 aliphatic rings. The van der Waals surface area contributed by atoms with E-state index >= 15 is 0 Å². The van der Waals surface area contributed by atoms with E-state index in [0.717, 1.165) is 3.57 Å². The Bertz CT molecular complexity index is 701. The second kappa shape index (κ2) is 9.18. The van der Waals surface area contributed by atoms with Crippen LogP contribution in [0.15, 0.2) is 12.1 Å². The minimum Gasteiger partial charge on any atom is -0.495 e. The largest absolute Gasteiger partial charge is 0.495 e. The van der Waals surface area contributed by atoms with Gasteiger partial charge >= 0.3 is 6.09 Å². The van der Waals surface area contributed by atoms with Gasteiger partial charge in [0.05, 0.1) is 24.4 Å². The Labute approximate surface area is 178 Å². The van der Waals surface area contributed by atoms with Crippen molar-refractivity contribution in [1.82, 2.24) is 9.80 Å². The molecular weight excluding hydrogens is 485 g/mol. The molecule has 150 valence electrons. The molecule has 0 atom stereocenters. The smallest absolute Gasteiger partial charge is 0.410 e. The number of hydrogen-bond acceptors (Lipinski definition) is 5. The van der Waals surface area contributed by atoms with Crippen LogP contribution in [0.3, 0.4) is 0 Å². The first kappa shape index (κ1) is 21.9. The Balaban J connectivity index is 1.87. The number of methoxy groups -OCH3 is 1. The van der Waals surface area contributed by atoms with Crippen LogP contribution in [-0.2, 0) is 9.53 Å². The van der Waals surface area contributed by atoms with Gasteiger partial charge in [0, 0.05) is 35.8 Å². The van der Waals surface area contributed by atoms with Crippen LogP contribution in [0, 0.1) is 3.57 Å². The molecule has 0 unspecified atom stereocenters. The van der Waals surface area contributed by atoms with Crippen molar-refractivity contribution in [3.8, 4) is 5.75 Å². The van der Waals surface area contributed by atoms with E-state index in [9.17, 15) is 9.59 Å². The SMILES string of the molecule is COc1cc(Cl)c(I)cc1NCC(=O)N1CCN(C(=O)OC(C)(C)C)CC1. The number of halogens is 2. The lowest BCUT2D eigenvalue weighted by molar-refractivity contribution is -0.131. The summed E-state index contributed by atoms with van der Waals surface area (Å²) in [7, 11) is 1.56. The van der Waals surface area contributed by atoms with Crippen LogP contribution in [0.4, 0.5) is 10.5 Å². The molecule has 1 aliphatic heterocycles. The van der Waals surface area contributed by atoms with E-state index in [1.807, 2.05) is 26.8 Å². The molecule has 0 aliphatic carbocycles. The fourth-order valence-electron chi connectivity index (χ4n) is 2.58. The van der Waals surface area contributed by atoms with Crippen molar-refractivity contribution in [2.75, 3.05) is 45.2 Å². The van der Waals surface area contributed by atoms with Gasteiger partial charge in [0.1, 0.15) is 11.4 Å². The molecule has 9 heteroatoms. The second-order valence-corrected chi connectivity index (χ2v) is 8.74. The number of anilines is 1. The van der Waals surface area contributed by atoms with Crippen molar-refractivity contribution < 1.29 is 19.1 Å². The zero-order valence-corrected chi connectivity index (χ0v) is 18.9. The number of benzene rings is 1. The number of nitrogens with one attached hydrogen (secondary N) is 1. The molecule has 1 heterocycles. The minimum atomic E-state index is -0.525. The summed E-state index contributed by atoms with van der Waals surface area (Å²) < 4.78 is 11.5. The number of hydrogen-bond donors (Lipinski definition) is 1. The van der Waals surface area contributed by atoms with E-state index in [1.165, 1.54) is 0 Å². The molecule has 27 heavy (non-hydrogen) atoms. The summed E-state index contributed by atoms with van der Waals surface area (Å²) in [5.74, 6) is 0.550. The Morgan fingerprint density at radius 2 is 1.78 bits per heavy atom. The zero-order chi connectivity index (χ0) is 20.2. The quantitative estimate of drug-likeness (QED) is 0.630. The van der Waals surface area contributed by atoms with E-state index in [4.69, 9.17) is 21.1 Å². The monoisotopic (exact) mass is 509 g/mol. The van der Waals surface area contributed by atoms with Crippen LogP contribution < -0.4 is 10.1 Å². The second-order valence-electron chi connectivity index (χ2n) is 7.17. The Hall–Kier alpha value is -1.42. The molecule has 1 aromatic rings. The maximum Gasteiger partial charge on any atom is 0.410 e. The number of nitrogens with zero attached hydrogens (tertiary/aromatic N) is 2. The molecule has 1 N–H and O–H groups in total. The van der Waals surface area contributed by atoms with Crippen LogP contribution in [0.25, 0.3) is 0 Å². The average molecular weight is 510 g/mol. The molecule has 0 saturated carbocycles. The lowest BCUT2D eigenvalue weighted by atomic mass is 10.2. The maximum atomic E-state index is 12.5. The molecule has 0 radical (unpaired) electrons. The molecule has 0 bridgehead atoms. The Kier molecular flexibility index (Phi) is 7.44. The Morgan fingerprint density at radius 3 is 2.33 bits per heavy atom. The van der Waals surface area contributed by atoms with E-state index in [-0.39, 0.29) is 18.5 Å². The van der Waals surface area contributed by atoms with Gasteiger partial charge in [0.15, 0.2) is 0 Å². The van der Waals surface area contributed by atoms with E-state index in [1.54, 1.807) is 23.0 Å². The topological polar surface area (TPSA) is 71.1 Å². The lowest BCUT2D eigenvalue weighted by Crippen LogP contribution is -2.52. The zero-order valence-electron chi connectivity index (χ0n) is 16.0. The normalized spacial score (nSPS) is 14.7. The van der Waals surface area contributed by atoms with Crippen molar-refractivity contribution in [1.29, 1.82) is 0 Å². The fraction of sp³-hybridized carbons (Fsp3) is 0.556. The third kappa shape index (κ3) is 6.31. The molecule has 1 saturated heterocycles. The summed E-state index contributed by atoms with van der Waals surface area (Å²) in [5, 5.41) is 3.71. The molecule has 0 spiro atoms. The van der Waals surface area contributed by atoms with E-state index in [2.05, 4.69) is 27.9 Å². The highest BCUT2D eigenvalue weighted by Crippen LogP contribution is 2.32. The lowest BCUT2D eigenvalue weighted by Gasteiger charge is -2.35. The predicted octanol–water partition coefficient (Wildman–Crippen LogP) is 3.44. The highest BCUT2D eigenvalue weighted by Gasteiger charge is 2.27. The molecule has 2 rings (SSSR count).